The first-order chi connectivity index (χ1) is 18.5. The minimum atomic E-state index is -0.204. The SMILES string of the molecule is CN(C)CCN(Cc1c(-c2ccccc2)noc1N1CCc2ccccc2C1)C(=O)Nc1cccc(Cl)c1. The second kappa shape index (κ2) is 11.7. The lowest BCUT2D eigenvalue weighted by Gasteiger charge is -2.30. The molecule has 8 heteroatoms. The first-order valence-electron chi connectivity index (χ1n) is 12.8. The fourth-order valence-corrected chi connectivity index (χ4v) is 4.91. The number of rotatable bonds is 8. The van der Waals surface area contributed by atoms with E-state index in [1.54, 1.807) is 17.0 Å². The summed E-state index contributed by atoms with van der Waals surface area (Å²) < 4.78 is 6.03. The summed E-state index contributed by atoms with van der Waals surface area (Å²) in [5.41, 5.74) is 5.91. The molecule has 0 radical (unpaired) electrons. The van der Waals surface area contributed by atoms with Crippen LogP contribution in [0, 0.1) is 0 Å². The van der Waals surface area contributed by atoms with Crippen LogP contribution in [-0.4, -0.2) is 54.7 Å². The van der Waals surface area contributed by atoms with Gasteiger partial charge in [0.05, 0.1) is 12.1 Å². The molecule has 196 valence electrons. The topological polar surface area (TPSA) is 64.9 Å². The highest BCUT2D eigenvalue weighted by Gasteiger charge is 2.28. The number of nitrogens with one attached hydrogen (secondary N) is 1. The Morgan fingerprint density at radius 2 is 1.76 bits per heavy atom. The third-order valence-corrected chi connectivity index (χ3v) is 7.00. The van der Waals surface area contributed by atoms with E-state index in [4.69, 9.17) is 16.1 Å². The lowest BCUT2D eigenvalue weighted by molar-refractivity contribution is 0.202. The standard InChI is InChI=1S/C30H32ClN5O2/c1-34(2)17-18-36(30(37)32-26-14-8-13-25(31)19-26)21-27-28(23-10-4-3-5-11-23)33-38-29(27)35-16-15-22-9-6-7-12-24(22)20-35/h3-14,19H,15-18,20-21H2,1-2H3,(H,32,37). The molecular formula is C30H32ClN5O2. The molecule has 0 saturated carbocycles. The quantitative estimate of drug-likeness (QED) is 0.296. The van der Waals surface area contributed by atoms with Crippen LogP contribution in [0.4, 0.5) is 16.4 Å². The second-order valence-corrected chi connectivity index (χ2v) is 10.2. The molecule has 1 N–H and O–H groups in total. The van der Waals surface area contributed by atoms with Gasteiger partial charge < -0.3 is 24.5 Å². The summed E-state index contributed by atoms with van der Waals surface area (Å²) in [5, 5.41) is 8.10. The molecule has 0 aliphatic carbocycles. The Hall–Kier alpha value is -3.81. The van der Waals surface area contributed by atoms with E-state index in [-0.39, 0.29) is 6.03 Å². The zero-order valence-corrected chi connectivity index (χ0v) is 22.5. The van der Waals surface area contributed by atoms with Crippen molar-refractivity contribution in [1.29, 1.82) is 0 Å². The molecule has 0 spiro atoms. The molecule has 0 saturated heterocycles. The van der Waals surface area contributed by atoms with Gasteiger partial charge >= 0.3 is 6.03 Å². The van der Waals surface area contributed by atoms with Crippen molar-refractivity contribution in [3.05, 3.63) is 101 Å². The first-order valence-corrected chi connectivity index (χ1v) is 13.2. The number of carbonyl (C=O) groups excluding carboxylic acids is 1. The highest BCUT2D eigenvalue weighted by atomic mass is 35.5. The number of amides is 2. The van der Waals surface area contributed by atoms with Gasteiger partial charge in [-0.05, 0) is 49.8 Å². The Morgan fingerprint density at radius 3 is 2.53 bits per heavy atom. The van der Waals surface area contributed by atoms with Crippen molar-refractivity contribution in [2.75, 3.05) is 43.9 Å². The molecule has 4 aromatic rings. The van der Waals surface area contributed by atoms with E-state index in [0.29, 0.717) is 36.2 Å². The monoisotopic (exact) mass is 529 g/mol. The maximum Gasteiger partial charge on any atom is 0.322 e. The minimum absolute atomic E-state index is 0.204. The number of aromatic nitrogens is 1. The van der Waals surface area contributed by atoms with Crippen LogP contribution in [0.3, 0.4) is 0 Å². The maximum absolute atomic E-state index is 13.6. The Labute approximate surface area is 228 Å². The highest BCUT2D eigenvalue weighted by Crippen LogP contribution is 2.35. The fourth-order valence-electron chi connectivity index (χ4n) is 4.72. The van der Waals surface area contributed by atoms with E-state index in [1.165, 1.54) is 11.1 Å². The molecule has 2 amide bonds. The number of benzene rings is 3. The van der Waals surface area contributed by atoms with Crippen molar-refractivity contribution < 1.29 is 9.32 Å². The van der Waals surface area contributed by atoms with Crippen LogP contribution in [-0.2, 0) is 19.5 Å². The molecule has 0 bridgehead atoms. The third kappa shape index (κ3) is 6.01. The van der Waals surface area contributed by atoms with E-state index >= 15 is 0 Å². The van der Waals surface area contributed by atoms with Crippen molar-refractivity contribution in [2.45, 2.75) is 19.5 Å². The zero-order chi connectivity index (χ0) is 26.5. The second-order valence-electron chi connectivity index (χ2n) is 9.79. The Bertz CT molecular complexity index is 1390. The molecule has 5 rings (SSSR count). The lowest BCUT2D eigenvalue weighted by atomic mass is 9.99. The van der Waals surface area contributed by atoms with Crippen molar-refractivity contribution >= 4 is 29.2 Å². The van der Waals surface area contributed by atoms with Crippen LogP contribution in [0.15, 0.2) is 83.4 Å². The Kier molecular flexibility index (Phi) is 7.96. The van der Waals surface area contributed by atoms with Crippen LogP contribution in [0.5, 0.6) is 0 Å². The normalized spacial score (nSPS) is 12.9. The molecular weight excluding hydrogens is 498 g/mol. The summed E-state index contributed by atoms with van der Waals surface area (Å²) in [6, 6.07) is 25.5. The van der Waals surface area contributed by atoms with E-state index < -0.39 is 0 Å². The smallest absolute Gasteiger partial charge is 0.322 e. The molecule has 0 fully saturated rings. The average molecular weight is 530 g/mol. The average Bonchev–Trinajstić information content (AvgIpc) is 3.34. The first kappa shape index (κ1) is 25.8. The van der Waals surface area contributed by atoms with Crippen LogP contribution in [0.1, 0.15) is 16.7 Å². The molecule has 0 unspecified atom stereocenters. The maximum atomic E-state index is 13.6. The van der Waals surface area contributed by atoms with E-state index in [1.807, 2.05) is 56.6 Å². The molecule has 0 atom stereocenters. The van der Waals surface area contributed by atoms with Gasteiger partial charge in [0, 0.05) is 42.5 Å². The summed E-state index contributed by atoms with van der Waals surface area (Å²) in [7, 11) is 4.00. The summed E-state index contributed by atoms with van der Waals surface area (Å²) in [6.07, 6.45) is 0.927. The predicted molar refractivity (Wildman–Crippen MR) is 153 cm³/mol. The van der Waals surface area contributed by atoms with Crippen LogP contribution < -0.4 is 10.2 Å². The van der Waals surface area contributed by atoms with Crippen LogP contribution in [0.2, 0.25) is 5.02 Å². The third-order valence-electron chi connectivity index (χ3n) is 6.76. The molecule has 1 aliphatic rings. The molecule has 2 heterocycles. The van der Waals surface area contributed by atoms with Crippen molar-refractivity contribution in [3.63, 3.8) is 0 Å². The number of urea groups is 1. The van der Waals surface area contributed by atoms with Crippen molar-refractivity contribution in [3.8, 4) is 11.3 Å². The van der Waals surface area contributed by atoms with Gasteiger partial charge in [0.1, 0.15) is 5.69 Å². The summed E-state index contributed by atoms with van der Waals surface area (Å²) in [6.45, 7) is 3.14. The summed E-state index contributed by atoms with van der Waals surface area (Å²) in [5.74, 6) is 0.712. The Morgan fingerprint density at radius 1 is 1.00 bits per heavy atom. The fraction of sp³-hybridized carbons (Fsp3) is 0.267. The number of anilines is 2. The number of carbonyl (C=O) groups is 1. The van der Waals surface area contributed by atoms with Gasteiger partial charge in [-0.3, -0.25) is 0 Å². The number of hydrogen-bond donors (Lipinski definition) is 1. The number of likely N-dealkylation sites (N-methyl/N-ethyl adjacent to an activating group) is 1. The van der Waals surface area contributed by atoms with Crippen LogP contribution >= 0.6 is 11.6 Å². The van der Waals surface area contributed by atoms with Crippen LogP contribution in [0.25, 0.3) is 11.3 Å². The number of halogens is 1. The largest absolute Gasteiger partial charge is 0.338 e. The minimum Gasteiger partial charge on any atom is -0.338 e. The summed E-state index contributed by atoms with van der Waals surface area (Å²) in [4.78, 5) is 19.7. The van der Waals surface area contributed by atoms with E-state index in [2.05, 4.69) is 44.5 Å². The van der Waals surface area contributed by atoms with Gasteiger partial charge in [-0.1, -0.05) is 77.4 Å². The van der Waals surface area contributed by atoms with E-state index in [0.717, 1.165) is 36.3 Å². The highest BCUT2D eigenvalue weighted by molar-refractivity contribution is 6.30. The number of nitrogens with zero attached hydrogens (tertiary/aromatic N) is 4. The molecule has 7 nitrogen and oxygen atoms in total. The number of fused-ring (bicyclic) bond motifs is 1. The van der Waals surface area contributed by atoms with Gasteiger partial charge in [-0.25, -0.2) is 4.79 Å². The van der Waals surface area contributed by atoms with Gasteiger partial charge in [0.15, 0.2) is 0 Å². The molecule has 3 aromatic carbocycles. The predicted octanol–water partition coefficient (Wildman–Crippen LogP) is 6.15. The number of hydrogen-bond acceptors (Lipinski definition) is 5. The summed E-state index contributed by atoms with van der Waals surface area (Å²) >= 11 is 6.16. The molecule has 1 aromatic heterocycles. The van der Waals surface area contributed by atoms with Crippen molar-refractivity contribution in [2.24, 2.45) is 0 Å². The van der Waals surface area contributed by atoms with Gasteiger partial charge in [-0.2, -0.15) is 0 Å². The van der Waals surface area contributed by atoms with Crippen molar-refractivity contribution in [1.82, 2.24) is 15.0 Å². The van der Waals surface area contributed by atoms with E-state index in [9.17, 15) is 4.79 Å². The lowest BCUT2D eigenvalue weighted by Crippen LogP contribution is -2.39. The Balaban J connectivity index is 1.48. The molecule has 38 heavy (non-hydrogen) atoms. The van der Waals surface area contributed by atoms with Gasteiger partial charge in [0.2, 0.25) is 5.88 Å². The molecule has 1 aliphatic heterocycles. The van der Waals surface area contributed by atoms with Gasteiger partial charge in [0.25, 0.3) is 0 Å². The van der Waals surface area contributed by atoms with Gasteiger partial charge in [-0.15, -0.1) is 0 Å². The zero-order valence-electron chi connectivity index (χ0n) is 21.7.